The first kappa shape index (κ1) is 12.1. The molecule has 4 heteroatoms. The van der Waals surface area contributed by atoms with Crippen molar-refractivity contribution >= 4 is 17.0 Å². The van der Waals surface area contributed by atoms with E-state index in [9.17, 15) is 4.79 Å². The van der Waals surface area contributed by atoms with E-state index in [1.165, 1.54) is 12.8 Å². The van der Waals surface area contributed by atoms with Crippen molar-refractivity contribution in [2.24, 2.45) is 0 Å². The van der Waals surface area contributed by atoms with Gasteiger partial charge in [0.05, 0.1) is 22.4 Å². The Hall–Kier alpha value is -1.97. The summed E-state index contributed by atoms with van der Waals surface area (Å²) in [6.07, 6.45) is 5.13. The van der Waals surface area contributed by atoms with Crippen LogP contribution in [0.1, 0.15) is 36.2 Å². The Labute approximate surface area is 111 Å². The molecule has 0 unspecified atom stereocenters. The van der Waals surface area contributed by atoms with Gasteiger partial charge in [-0.2, -0.15) is 0 Å². The molecule has 0 saturated carbocycles. The molecule has 0 bridgehead atoms. The summed E-state index contributed by atoms with van der Waals surface area (Å²) in [5.41, 5.74) is 5.08. The van der Waals surface area contributed by atoms with Crippen LogP contribution in [0.2, 0.25) is 0 Å². The van der Waals surface area contributed by atoms with Crippen LogP contribution in [0.3, 0.4) is 0 Å². The lowest BCUT2D eigenvalue weighted by atomic mass is 10.00. The lowest BCUT2D eigenvalue weighted by molar-refractivity contribution is -0.136. The van der Waals surface area contributed by atoms with E-state index in [-0.39, 0.29) is 6.42 Å². The molecule has 3 rings (SSSR count). The second kappa shape index (κ2) is 4.96. The quantitative estimate of drug-likeness (QED) is 0.916. The molecule has 19 heavy (non-hydrogen) atoms. The van der Waals surface area contributed by atoms with Crippen molar-refractivity contribution in [3.05, 3.63) is 35.2 Å². The van der Waals surface area contributed by atoms with Crippen LogP contribution in [0.5, 0.6) is 0 Å². The number of aryl methyl sites for hydroxylation is 3. The van der Waals surface area contributed by atoms with Crippen molar-refractivity contribution in [1.82, 2.24) is 9.97 Å². The van der Waals surface area contributed by atoms with Crippen LogP contribution >= 0.6 is 0 Å². The van der Waals surface area contributed by atoms with Gasteiger partial charge >= 0.3 is 5.97 Å². The summed E-state index contributed by atoms with van der Waals surface area (Å²) in [6, 6.07) is 5.88. The standard InChI is InChI=1S/C15H16N2O2/c18-15(19)8-6-10-5-7-13-14(9-10)17-12-4-2-1-3-11(12)16-13/h5,7,9H,1-4,6,8H2,(H,18,19). The zero-order chi connectivity index (χ0) is 13.2. The fourth-order valence-electron chi connectivity index (χ4n) is 2.57. The molecule has 1 aromatic carbocycles. The average molecular weight is 256 g/mol. The number of aromatic nitrogens is 2. The maximum absolute atomic E-state index is 10.6. The predicted octanol–water partition coefficient (Wildman–Crippen LogP) is 2.53. The number of hydrogen-bond acceptors (Lipinski definition) is 3. The van der Waals surface area contributed by atoms with Crippen molar-refractivity contribution in [2.45, 2.75) is 38.5 Å². The van der Waals surface area contributed by atoms with E-state index in [1.54, 1.807) is 0 Å². The molecular formula is C15H16N2O2. The topological polar surface area (TPSA) is 63.1 Å². The largest absolute Gasteiger partial charge is 0.481 e. The Bertz CT molecular complexity index is 637. The van der Waals surface area contributed by atoms with Crippen LogP contribution in [0.4, 0.5) is 0 Å². The monoisotopic (exact) mass is 256 g/mol. The Balaban J connectivity index is 1.95. The van der Waals surface area contributed by atoms with E-state index >= 15 is 0 Å². The molecule has 1 aliphatic rings. The molecule has 0 saturated heterocycles. The molecule has 1 aromatic heterocycles. The van der Waals surface area contributed by atoms with E-state index < -0.39 is 5.97 Å². The number of fused-ring (bicyclic) bond motifs is 2. The van der Waals surface area contributed by atoms with Gasteiger partial charge in [-0.15, -0.1) is 0 Å². The second-order valence-electron chi connectivity index (χ2n) is 5.04. The molecule has 0 aliphatic heterocycles. The molecule has 0 spiro atoms. The van der Waals surface area contributed by atoms with Crippen molar-refractivity contribution in [3.8, 4) is 0 Å². The molecule has 4 nitrogen and oxygen atoms in total. The Morgan fingerprint density at radius 3 is 2.47 bits per heavy atom. The number of benzene rings is 1. The highest BCUT2D eigenvalue weighted by molar-refractivity contribution is 5.75. The summed E-state index contributed by atoms with van der Waals surface area (Å²) >= 11 is 0. The number of rotatable bonds is 3. The number of hydrogen-bond donors (Lipinski definition) is 1. The minimum absolute atomic E-state index is 0.157. The summed E-state index contributed by atoms with van der Waals surface area (Å²) in [7, 11) is 0. The van der Waals surface area contributed by atoms with Crippen LogP contribution < -0.4 is 0 Å². The molecule has 0 radical (unpaired) electrons. The van der Waals surface area contributed by atoms with E-state index in [2.05, 4.69) is 4.98 Å². The molecule has 1 aliphatic carbocycles. The lowest BCUT2D eigenvalue weighted by Gasteiger charge is -2.14. The molecule has 1 N–H and O–H groups in total. The van der Waals surface area contributed by atoms with Crippen molar-refractivity contribution < 1.29 is 9.90 Å². The number of carbonyl (C=O) groups is 1. The van der Waals surface area contributed by atoms with Gasteiger partial charge in [-0.3, -0.25) is 4.79 Å². The molecule has 2 aromatic rings. The van der Waals surface area contributed by atoms with E-state index in [1.807, 2.05) is 18.2 Å². The van der Waals surface area contributed by atoms with Gasteiger partial charge in [-0.25, -0.2) is 9.97 Å². The third-order valence-corrected chi connectivity index (χ3v) is 3.59. The summed E-state index contributed by atoms with van der Waals surface area (Å²) in [4.78, 5) is 20.0. The number of carboxylic acids is 1. The Morgan fingerprint density at radius 1 is 1.11 bits per heavy atom. The fraction of sp³-hybridized carbons (Fsp3) is 0.400. The second-order valence-corrected chi connectivity index (χ2v) is 5.04. The predicted molar refractivity (Wildman–Crippen MR) is 72.1 cm³/mol. The zero-order valence-electron chi connectivity index (χ0n) is 10.7. The summed E-state index contributed by atoms with van der Waals surface area (Å²) in [5.74, 6) is -0.767. The SMILES string of the molecule is O=C(O)CCc1ccc2nc3c(nc2c1)CCCC3. The molecule has 1 heterocycles. The van der Waals surface area contributed by atoms with Crippen molar-refractivity contribution in [1.29, 1.82) is 0 Å². The summed E-state index contributed by atoms with van der Waals surface area (Å²) in [6.45, 7) is 0. The molecular weight excluding hydrogens is 240 g/mol. The lowest BCUT2D eigenvalue weighted by Crippen LogP contribution is -2.08. The third kappa shape index (κ3) is 2.57. The normalized spacial score (nSPS) is 14.3. The highest BCUT2D eigenvalue weighted by Gasteiger charge is 2.13. The minimum atomic E-state index is -0.767. The number of carboxylic acid groups (broad SMARTS) is 1. The van der Waals surface area contributed by atoms with Crippen LogP contribution in [-0.4, -0.2) is 21.0 Å². The van der Waals surface area contributed by atoms with E-state index in [0.29, 0.717) is 6.42 Å². The first-order valence-corrected chi connectivity index (χ1v) is 6.72. The van der Waals surface area contributed by atoms with E-state index in [0.717, 1.165) is 40.8 Å². The van der Waals surface area contributed by atoms with Gasteiger partial charge in [0, 0.05) is 6.42 Å². The van der Waals surface area contributed by atoms with Gasteiger partial charge in [-0.05, 0) is 49.8 Å². The van der Waals surface area contributed by atoms with Gasteiger partial charge < -0.3 is 5.11 Å². The Kier molecular flexibility index (Phi) is 3.15. The van der Waals surface area contributed by atoms with Gasteiger partial charge in [0.15, 0.2) is 0 Å². The highest BCUT2D eigenvalue weighted by Crippen LogP contribution is 2.21. The fourth-order valence-corrected chi connectivity index (χ4v) is 2.57. The van der Waals surface area contributed by atoms with Crippen LogP contribution in [0, 0.1) is 0 Å². The maximum atomic E-state index is 10.6. The highest BCUT2D eigenvalue weighted by atomic mass is 16.4. The van der Waals surface area contributed by atoms with Gasteiger partial charge in [-0.1, -0.05) is 6.07 Å². The van der Waals surface area contributed by atoms with Crippen LogP contribution in [-0.2, 0) is 24.1 Å². The maximum Gasteiger partial charge on any atom is 0.303 e. The summed E-state index contributed by atoms with van der Waals surface area (Å²) in [5, 5.41) is 8.72. The average Bonchev–Trinajstić information content (AvgIpc) is 2.42. The van der Waals surface area contributed by atoms with Crippen LogP contribution in [0.15, 0.2) is 18.2 Å². The van der Waals surface area contributed by atoms with Crippen LogP contribution in [0.25, 0.3) is 11.0 Å². The zero-order valence-corrected chi connectivity index (χ0v) is 10.7. The number of nitrogens with zero attached hydrogens (tertiary/aromatic N) is 2. The van der Waals surface area contributed by atoms with Gasteiger partial charge in [0.1, 0.15) is 0 Å². The molecule has 0 amide bonds. The van der Waals surface area contributed by atoms with Crippen molar-refractivity contribution in [2.75, 3.05) is 0 Å². The van der Waals surface area contributed by atoms with Crippen molar-refractivity contribution in [3.63, 3.8) is 0 Å². The first-order valence-electron chi connectivity index (χ1n) is 6.72. The van der Waals surface area contributed by atoms with Gasteiger partial charge in [0.25, 0.3) is 0 Å². The minimum Gasteiger partial charge on any atom is -0.481 e. The number of aliphatic carboxylic acids is 1. The van der Waals surface area contributed by atoms with E-state index in [4.69, 9.17) is 10.1 Å². The molecule has 98 valence electrons. The molecule has 0 fully saturated rings. The van der Waals surface area contributed by atoms with Gasteiger partial charge in [0.2, 0.25) is 0 Å². The summed E-state index contributed by atoms with van der Waals surface area (Å²) < 4.78 is 0. The third-order valence-electron chi connectivity index (χ3n) is 3.59. The Morgan fingerprint density at radius 2 is 1.79 bits per heavy atom. The smallest absolute Gasteiger partial charge is 0.303 e. The molecule has 0 atom stereocenters. The first-order chi connectivity index (χ1) is 9.22.